The molecular formula is C28H39N5O3. The van der Waals surface area contributed by atoms with Gasteiger partial charge in [-0.3, -0.25) is 14.5 Å². The number of rotatable bonds is 6. The number of nitrogens with one attached hydrogen (secondary N) is 1. The standard InChI is InChI=1S/C28H39N5O3/c1-20(34)32-13-9-23(10-14-32)28(2)11-7-26-30-25(18-33(26)19-28)27(36)29-15-24(35)17-31-12-8-21-5-3-4-6-22(21)16-31/h3-6,18,23-24,35H,7-17,19H2,1-2H3,(H,29,36)/t24-,28-/m0/s1. The van der Waals surface area contributed by atoms with Gasteiger partial charge in [0.25, 0.3) is 5.91 Å². The van der Waals surface area contributed by atoms with Gasteiger partial charge in [0, 0.05) is 65.4 Å². The van der Waals surface area contributed by atoms with Crippen LogP contribution in [0.15, 0.2) is 30.5 Å². The molecule has 0 unspecified atom stereocenters. The van der Waals surface area contributed by atoms with E-state index in [9.17, 15) is 14.7 Å². The minimum Gasteiger partial charge on any atom is -0.390 e. The second-order valence-electron chi connectivity index (χ2n) is 11.2. The molecule has 0 bridgehead atoms. The van der Waals surface area contributed by atoms with Crippen molar-refractivity contribution in [2.45, 2.75) is 65.1 Å². The number of nitrogens with zero attached hydrogens (tertiary/aromatic N) is 4. The van der Waals surface area contributed by atoms with Gasteiger partial charge in [0.1, 0.15) is 11.5 Å². The average Bonchev–Trinajstić information content (AvgIpc) is 3.30. The van der Waals surface area contributed by atoms with E-state index in [1.54, 1.807) is 6.92 Å². The summed E-state index contributed by atoms with van der Waals surface area (Å²) in [6, 6.07) is 8.46. The molecule has 5 rings (SSSR count). The van der Waals surface area contributed by atoms with Gasteiger partial charge < -0.3 is 19.9 Å². The Labute approximate surface area is 213 Å². The number of benzene rings is 1. The second-order valence-corrected chi connectivity index (χ2v) is 11.2. The van der Waals surface area contributed by atoms with Crippen LogP contribution in [-0.4, -0.2) is 75.1 Å². The van der Waals surface area contributed by atoms with E-state index in [1.807, 2.05) is 11.1 Å². The normalized spacial score (nSPS) is 23.6. The van der Waals surface area contributed by atoms with E-state index in [-0.39, 0.29) is 23.8 Å². The molecule has 0 saturated carbocycles. The molecule has 194 valence electrons. The number of aromatic nitrogens is 2. The van der Waals surface area contributed by atoms with E-state index in [2.05, 4.69) is 51.0 Å². The van der Waals surface area contributed by atoms with E-state index in [4.69, 9.17) is 0 Å². The first-order chi connectivity index (χ1) is 17.3. The Morgan fingerprint density at radius 3 is 2.67 bits per heavy atom. The molecule has 3 aliphatic rings. The number of aliphatic hydroxyl groups is 1. The summed E-state index contributed by atoms with van der Waals surface area (Å²) in [5.41, 5.74) is 3.28. The predicted octanol–water partition coefficient (Wildman–Crippen LogP) is 2.24. The Morgan fingerprint density at radius 1 is 1.17 bits per heavy atom. The molecule has 4 heterocycles. The maximum Gasteiger partial charge on any atom is 0.271 e. The predicted molar refractivity (Wildman–Crippen MR) is 137 cm³/mol. The second kappa shape index (κ2) is 10.3. The van der Waals surface area contributed by atoms with E-state index in [0.717, 1.165) is 70.7 Å². The first-order valence-electron chi connectivity index (χ1n) is 13.4. The highest BCUT2D eigenvalue weighted by atomic mass is 16.3. The topological polar surface area (TPSA) is 90.7 Å². The zero-order valence-corrected chi connectivity index (χ0v) is 21.6. The van der Waals surface area contributed by atoms with Crippen molar-refractivity contribution in [1.82, 2.24) is 24.7 Å². The van der Waals surface area contributed by atoms with Gasteiger partial charge in [-0.15, -0.1) is 0 Å². The van der Waals surface area contributed by atoms with Crippen LogP contribution in [0.25, 0.3) is 0 Å². The summed E-state index contributed by atoms with van der Waals surface area (Å²) in [6.45, 7) is 9.04. The molecule has 2 aromatic rings. The number of likely N-dealkylation sites (tertiary alicyclic amines) is 1. The molecule has 1 fully saturated rings. The maximum absolute atomic E-state index is 12.8. The van der Waals surface area contributed by atoms with Gasteiger partial charge in [-0.25, -0.2) is 4.98 Å². The number of β-amino-alcohol motifs (C(OH)–C–C–N with tert-alkyl or cyclic N) is 1. The number of carbonyl (C=O) groups excluding carboxylic acids is 2. The quantitative estimate of drug-likeness (QED) is 0.644. The average molecular weight is 494 g/mol. The molecule has 8 heteroatoms. The van der Waals surface area contributed by atoms with Crippen molar-refractivity contribution < 1.29 is 14.7 Å². The zero-order valence-electron chi connectivity index (χ0n) is 21.6. The highest BCUT2D eigenvalue weighted by Crippen LogP contribution is 2.43. The lowest BCUT2D eigenvalue weighted by Gasteiger charge is -2.45. The highest BCUT2D eigenvalue weighted by molar-refractivity contribution is 5.92. The monoisotopic (exact) mass is 493 g/mol. The number of piperidine rings is 1. The molecule has 1 aromatic carbocycles. The van der Waals surface area contributed by atoms with Gasteiger partial charge in [-0.1, -0.05) is 31.2 Å². The van der Waals surface area contributed by atoms with Crippen LogP contribution in [0.4, 0.5) is 0 Å². The summed E-state index contributed by atoms with van der Waals surface area (Å²) in [4.78, 5) is 33.3. The minimum atomic E-state index is -0.624. The Morgan fingerprint density at radius 2 is 1.92 bits per heavy atom. The number of aliphatic hydroxyl groups excluding tert-OH is 1. The van der Waals surface area contributed by atoms with Gasteiger partial charge in [-0.05, 0) is 48.1 Å². The van der Waals surface area contributed by atoms with Crippen molar-refractivity contribution in [1.29, 1.82) is 0 Å². The summed E-state index contributed by atoms with van der Waals surface area (Å²) in [5.74, 6) is 1.47. The molecule has 36 heavy (non-hydrogen) atoms. The van der Waals surface area contributed by atoms with E-state index < -0.39 is 6.10 Å². The number of aryl methyl sites for hydroxylation is 1. The molecule has 1 aromatic heterocycles. The lowest BCUT2D eigenvalue weighted by molar-refractivity contribution is -0.131. The van der Waals surface area contributed by atoms with Crippen molar-refractivity contribution in [3.05, 3.63) is 53.1 Å². The number of hydrogen-bond donors (Lipinski definition) is 2. The lowest BCUT2D eigenvalue weighted by atomic mass is 9.68. The molecular weight excluding hydrogens is 454 g/mol. The smallest absolute Gasteiger partial charge is 0.271 e. The van der Waals surface area contributed by atoms with E-state index in [1.165, 1.54) is 11.1 Å². The van der Waals surface area contributed by atoms with Crippen molar-refractivity contribution in [3.63, 3.8) is 0 Å². The first-order valence-corrected chi connectivity index (χ1v) is 13.4. The zero-order chi connectivity index (χ0) is 25.3. The summed E-state index contributed by atoms with van der Waals surface area (Å²) in [5, 5.41) is 13.5. The third kappa shape index (κ3) is 5.34. The van der Waals surface area contributed by atoms with Crippen molar-refractivity contribution in [2.24, 2.45) is 11.3 Å². The summed E-state index contributed by atoms with van der Waals surface area (Å²) >= 11 is 0. The van der Waals surface area contributed by atoms with Gasteiger partial charge >= 0.3 is 0 Å². The Kier molecular flexibility index (Phi) is 7.17. The Balaban J connectivity index is 1.12. The largest absolute Gasteiger partial charge is 0.390 e. The number of hydrogen-bond acceptors (Lipinski definition) is 5. The van der Waals surface area contributed by atoms with E-state index >= 15 is 0 Å². The van der Waals surface area contributed by atoms with Gasteiger partial charge in [0.15, 0.2) is 0 Å². The molecule has 2 atom stereocenters. The van der Waals surface area contributed by atoms with Crippen LogP contribution in [-0.2, 0) is 30.7 Å². The molecule has 0 aliphatic carbocycles. The maximum atomic E-state index is 12.8. The Bertz CT molecular complexity index is 1110. The van der Waals surface area contributed by atoms with E-state index in [0.29, 0.717) is 18.2 Å². The molecule has 0 radical (unpaired) electrons. The van der Waals surface area contributed by atoms with Gasteiger partial charge in [0.05, 0.1) is 6.10 Å². The fourth-order valence-corrected chi connectivity index (χ4v) is 6.36. The van der Waals surface area contributed by atoms with Crippen LogP contribution in [0.2, 0.25) is 0 Å². The molecule has 3 aliphatic heterocycles. The first kappa shape index (κ1) is 25.0. The summed E-state index contributed by atoms with van der Waals surface area (Å²) in [6.07, 6.45) is 6.22. The van der Waals surface area contributed by atoms with Crippen LogP contribution < -0.4 is 5.32 Å². The molecule has 8 nitrogen and oxygen atoms in total. The van der Waals surface area contributed by atoms with Crippen LogP contribution in [0.5, 0.6) is 0 Å². The molecule has 2 N–H and O–H groups in total. The number of carbonyl (C=O) groups is 2. The SMILES string of the molecule is CC(=O)N1CCC([C@@]2(C)CCc3nc(C(=O)NC[C@H](O)CN4CCc5ccccc5C4)cn3C2)CC1. The summed E-state index contributed by atoms with van der Waals surface area (Å²) in [7, 11) is 0. The molecule has 2 amide bonds. The number of fused-ring (bicyclic) bond motifs is 2. The number of amides is 2. The fraction of sp³-hybridized carbons (Fsp3) is 0.607. The lowest BCUT2D eigenvalue weighted by Crippen LogP contribution is -2.44. The van der Waals surface area contributed by atoms with Crippen molar-refractivity contribution in [3.8, 4) is 0 Å². The van der Waals surface area contributed by atoms with Crippen molar-refractivity contribution in [2.75, 3.05) is 32.7 Å². The fourth-order valence-electron chi connectivity index (χ4n) is 6.36. The van der Waals surface area contributed by atoms with Crippen LogP contribution in [0, 0.1) is 11.3 Å². The van der Waals surface area contributed by atoms with Crippen LogP contribution >= 0.6 is 0 Å². The Hall–Kier alpha value is -2.71. The van der Waals surface area contributed by atoms with Crippen LogP contribution in [0.3, 0.4) is 0 Å². The minimum absolute atomic E-state index is 0.146. The van der Waals surface area contributed by atoms with Crippen LogP contribution in [0.1, 0.15) is 60.5 Å². The van der Waals surface area contributed by atoms with Crippen molar-refractivity contribution >= 4 is 11.8 Å². The summed E-state index contributed by atoms with van der Waals surface area (Å²) < 4.78 is 2.15. The van der Waals surface area contributed by atoms with Gasteiger partial charge in [0.2, 0.25) is 5.91 Å². The third-order valence-corrected chi connectivity index (χ3v) is 8.65. The number of imidazole rings is 1. The molecule has 1 saturated heterocycles. The van der Waals surface area contributed by atoms with Gasteiger partial charge in [-0.2, -0.15) is 0 Å². The highest BCUT2D eigenvalue weighted by Gasteiger charge is 2.40. The third-order valence-electron chi connectivity index (χ3n) is 8.65. The molecule has 0 spiro atoms.